The van der Waals surface area contributed by atoms with Crippen LogP contribution in [0.1, 0.15) is 43.0 Å². The summed E-state index contributed by atoms with van der Waals surface area (Å²) in [4.78, 5) is 11.5. The largest absolute Gasteiger partial charge is 0.459 e. The van der Waals surface area contributed by atoms with Gasteiger partial charge in [-0.2, -0.15) is 0 Å². The topological polar surface area (TPSA) is 46.5 Å². The zero-order chi connectivity index (χ0) is 12.5. The Hall–Kier alpha value is -1.35. The summed E-state index contributed by atoms with van der Waals surface area (Å²) in [6.45, 7) is 2.19. The molecule has 1 aromatic carbocycles. The van der Waals surface area contributed by atoms with Gasteiger partial charge in [0.15, 0.2) is 0 Å². The summed E-state index contributed by atoms with van der Waals surface area (Å²) in [5.74, 6) is -0.375. The van der Waals surface area contributed by atoms with E-state index >= 15 is 0 Å². The van der Waals surface area contributed by atoms with Crippen molar-refractivity contribution in [3.63, 3.8) is 0 Å². The first-order chi connectivity index (χ1) is 8.24. The van der Waals surface area contributed by atoms with Crippen LogP contribution < -0.4 is 0 Å². The number of benzene rings is 1. The number of aliphatic hydroxyl groups is 1. The van der Waals surface area contributed by atoms with Gasteiger partial charge in [0, 0.05) is 0 Å². The summed E-state index contributed by atoms with van der Waals surface area (Å²) < 4.78 is 5.03. The van der Waals surface area contributed by atoms with Gasteiger partial charge in [0.25, 0.3) is 0 Å². The molecule has 0 aliphatic heterocycles. The Balaban J connectivity index is 2.24. The summed E-state index contributed by atoms with van der Waals surface area (Å²) >= 11 is 0. The lowest BCUT2D eigenvalue weighted by Crippen LogP contribution is -2.18. The predicted molar refractivity (Wildman–Crippen MR) is 66.9 cm³/mol. The number of rotatable bonds is 7. The van der Waals surface area contributed by atoms with Crippen LogP contribution in [0.2, 0.25) is 0 Å². The van der Waals surface area contributed by atoms with Gasteiger partial charge < -0.3 is 9.84 Å². The van der Waals surface area contributed by atoms with Gasteiger partial charge >= 0.3 is 5.97 Å². The maximum absolute atomic E-state index is 11.5. The second-order valence-corrected chi connectivity index (χ2v) is 4.11. The first kappa shape index (κ1) is 13.7. The van der Waals surface area contributed by atoms with Crippen molar-refractivity contribution in [1.82, 2.24) is 0 Å². The van der Waals surface area contributed by atoms with Crippen molar-refractivity contribution in [1.29, 1.82) is 0 Å². The Kier molecular flexibility index (Phi) is 6.33. The molecular weight excluding hydrogens is 216 g/mol. The molecule has 0 fully saturated rings. The van der Waals surface area contributed by atoms with Crippen LogP contribution in [0.5, 0.6) is 0 Å². The summed E-state index contributed by atoms with van der Waals surface area (Å²) in [6.07, 6.45) is 3.34. The molecule has 0 saturated heterocycles. The molecule has 1 N–H and O–H groups in total. The lowest BCUT2D eigenvalue weighted by atomic mass is 10.1. The maximum atomic E-state index is 11.5. The zero-order valence-corrected chi connectivity index (χ0v) is 10.3. The quantitative estimate of drug-likeness (QED) is 0.585. The molecule has 1 atom stereocenters. The molecule has 1 aromatic rings. The molecule has 94 valence electrons. The van der Waals surface area contributed by atoms with Crippen LogP contribution in [0.25, 0.3) is 0 Å². The number of carbonyl (C=O) groups excluding carboxylic acids is 1. The fourth-order valence-electron chi connectivity index (χ4n) is 1.54. The van der Waals surface area contributed by atoms with E-state index in [0.29, 0.717) is 12.0 Å². The molecule has 0 aromatic heterocycles. The number of carbonyl (C=O) groups is 1. The minimum Gasteiger partial charge on any atom is -0.459 e. The molecule has 0 bridgehead atoms. The van der Waals surface area contributed by atoms with Gasteiger partial charge in [-0.1, -0.05) is 44.4 Å². The number of aliphatic hydroxyl groups excluding tert-OH is 1. The normalized spacial score (nSPS) is 12.1. The molecule has 0 unspecified atom stereocenters. The third-order valence-electron chi connectivity index (χ3n) is 2.56. The summed E-state index contributed by atoms with van der Waals surface area (Å²) in [5, 5.41) is 9.59. The summed E-state index contributed by atoms with van der Waals surface area (Å²) in [5.41, 5.74) is 0.522. The van der Waals surface area contributed by atoms with Gasteiger partial charge in [0.05, 0.1) is 11.7 Å². The van der Waals surface area contributed by atoms with Crippen molar-refractivity contribution < 1.29 is 14.6 Å². The fourth-order valence-corrected chi connectivity index (χ4v) is 1.54. The van der Waals surface area contributed by atoms with Gasteiger partial charge in [-0.05, 0) is 18.6 Å². The number of esters is 1. The van der Waals surface area contributed by atoms with Gasteiger partial charge in [-0.3, -0.25) is 0 Å². The van der Waals surface area contributed by atoms with Crippen LogP contribution in [0, 0.1) is 0 Å². The van der Waals surface area contributed by atoms with Crippen LogP contribution in [-0.2, 0) is 4.74 Å². The van der Waals surface area contributed by atoms with E-state index in [4.69, 9.17) is 4.74 Å². The first-order valence-corrected chi connectivity index (χ1v) is 6.14. The van der Waals surface area contributed by atoms with Crippen molar-refractivity contribution in [3.05, 3.63) is 35.9 Å². The Morgan fingerprint density at radius 1 is 1.29 bits per heavy atom. The van der Waals surface area contributed by atoms with Crippen molar-refractivity contribution >= 4 is 5.97 Å². The fraction of sp³-hybridized carbons (Fsp3) is 0.500. The monoisotopic (exact) mass is 236 g/mol. The molecule has 0 saturated carbocycles. The highest BCUT2D eigenvalue weighted by Gasteiger charge is 2.09. The lowest BCUT2D eigenvalue weighted by molar-refractivity contribution is 0.0233. The molecule has 0 radical (unpaired) electrons. The number of ether oxygens (including phenoxy) is 1. The van der Waals surface area contributed by atoms with E-state index in [0.717, 1.165) is 19.3 Å². The highest BCUT2D eigenvalue weighted by Crippen LogP contribution is 2.06. The third-order valence-corrected chi connectivity index (χ3v) is 2.56. The van der Waals surface area contributed by atoms with E-state index < -0.39 is 6.10 Å². The van der Waals surface area contributed by atoms with E-state index in [9.17, 15) is 9.90 Å². The van der Waals surface area contributed by atoms with Crippen molar-refractivity contribution in [2.45, 2.75) is 38.7 Å². The van der Waals surface area contributed by atoms with Crippen molar-refractivity contribution in [2.24, 2.45) is 0 Å². The van der Waals surface area contributed by atoms with Gasteiger partial charge in [0.1, 0.15) is 6.61 Å². The lowest BCUT2D eigenvalue weighted by Gasteiger charge is -2.10. The van der Waals surface area contributed by atoms with Crippen LogP contribution in [-0.4, -0.2) is 23.8 Å². The molecule has 0 heterocycles. The Labute approximate surface area is 102 Å². The minimum atomic E-state index is -0.547. The van der Waals surface area contributed by atoms with E-state index in [1.54, 1.807) is 24.3 Å². The molecule has 17 heavy (non-hydrogen) atoms. The molecule has 3 heteroatoms. The van der Waals surface area contributed by atoms with Gasteiger partial charge in [-0.15, -0.1) is 0 Å². The maximum Gasteiger partial charge on any atom is 0.338 e. The van der Waals surface area contributed by atoms with E-state index in [-0.39, 0.29) is 12.6 Å². The average Bonchev–Trinajstić information content (AvgIpc) is 2.37. The number of hydrogen-bond acceptors (Lipinski definition) is 3. The van der Waals surface area contributed by atoms with Gasteiger partial charge in [-0.25, -0.2) is 4.79 Å². The molecule has 0 aliphatic carbocycles. The molecule has 0 spiro atoms. The summed E-state index contributed by atoms with van der Waals surface area (Å²) in [7, 11) is 0. The number of unbranched alkanes of at least 4 members (excludes halogenated alkanes) is 2. The van der Waals surface area contributed by atoms with Crippen LogP contribution >= 0.6 is 0 Å². The van der Waals surface area contributed by atoms with Gasteiger partial charge in [0.2, 0.25) is 0 Å². The predicted octanol–water partition coefficient (Wildman–Crippen LogP) is 2.78. The standard InChI is InChI=1S/C14H20O3/c1-2-3-5-10-13(15)11-17-14(16)12-8-6-4-7-9-12/h4,6-9,13,15H,2-3,5,10-11H2,1H3/t13-/m0/s1. The molecule has 0 amide bonds. The zero-order valence-electron chi connectivity index (χ0n) is 10.3. The second-order valence-electron chi connectivity index (χ2n) is 4.11. The van der Waals surface area contributed by atoms with Crippen LogP contribution in [0.15, 0.2) is 30.3 Å². The van der Waals surface area contributed by atoms with Crippen LogP contribution in [0.4, 0.5) is 0 Å². The Morgan fingerprint density at radius 3 is 2.65 bits per heavy atom. The molecular formula is C14H20O3. The van der Waals surface area contributed by atoms with Crippen molar-refractivity contribution in [2.75, 3.05) is 6.61 Å². The minimum absolute atomic E-state index is 0.0808. The third kappa shape index (κ3) is 5.50. The Morgan fingerprint density at radius 2 is 2.00 bits per heavy atom. The Bertz CT molecular complexity index is 321. The van der Waals surface area contributed by atoms with E-state index in [1.165, 1.54) is 0 Å². The molecule has 1 rings (SSSR count). The first-order valence-electron chi connectivity index (χ1n) is 6.14. The second kappa shape index (κ2) is 7.85. The van der Waals surface area contributed by atoms with E-state index in [1.807, 2.05) is 6.07 Å². The molecule has 3 nitrogen and oxygen atoms in total. The summed E-state index contributed by atoms with van der Waals surface area (Å²) in [6, 6.07) is 8.82. The van der Waals surface area contributed by atoms with Crippen molar-refractivity contribution in [3.8, 4) is 0 Å². The van der Waals surface area contributed by atoms with E-state index in [2.05, 4.69) is 6.92 Å². The highest BCUT2D eigenvalue weighted by molar-refractivity contribution is 5.89. The smallest absolute Gasteiger partial charge is 0.338 e. The number of hydrogen-bond donors (Lipinski definition) is 1. The SMILES string of the molecule is CCCCC[C@H](O)COC(=O)c1ccccc1. The van der Waals surface area contributed by atoms with Crippen LogP contribution in [0.3, 0.4) is 0 Å². The molecule has 0 aliphatic rings. The highest BCUT2D eigenvalue weighted by atomic mass is 16.5. The average molecular weight is 236 g/mol.